The fraction of sp³-hybridized carbons (Fsp3) is 0.158. The lowest BCUT2D eigenvalue weighted by molar-refractivity contribution is 0.243. The van der Waals surface area contributed by atoms with Crippen molar-refractivity contribution in [1.82, 2.24) is 4.98 Å². The molecule has 9 heteroatoms. The summed E-state index contributed by atoms with van der Waals surface area (Å²) in [7, 11) is -3.86. The van der Waals surface area contributed by atoms with Gasteiger partial charge in [0.2, 0.25) is 10.0 Å². The monoisotopic (exact) mass is 416 g/mol. The Morgan fingerprint density at radius 1 is 1.14 bits per heavy atom. The normalized spacial score (nSPS) is 11.4. The largest absolute Gasteiger partial charge is 0.489 e. The molecule has 0 radical (unpaired) electrons. The van der Waals surface area contributed by atoms with Gasteiger partial charge in [0.05, 0.1) is 16.7 Å². The van der Waals surface area contributed by atoms with E-state index in [9.17, 15) is 8.42 Å². The Morgan fingerprint density at radius 2 is 1.89 bits per heavy atom. The Hall–Kier alpha value is -2.75. The van der Waals surface area contributed by atoms with Crippen molar-refractivity contribution >= 4 is 49.5 Å². The topological polar surface area (TPSA) is 106 Å². The molecule has 28 heavy (non-hydrogen) atoms. The highest BCUT2D eigenvalue weighted by Gasteiger charge is 2.14. The van der Waals surface area contributed by atoms with Crippen molar-refractivity contribution in [3.63, 3.8) is 0 Å². The minimum Gasteiger partial charge on any atom is -0.489 e. The van der Waals surface area contributed by atoms with E-state index in [0.29, 0.717) is 11.4 Å². The molecule has 0 unspecified atom stereocenters. The summed E-state index contributed by atoms with van der Waals surface area (Å²) in [4.78, 5) is 4.07. The van der Waals surface area contributed by atoms with E-state index in [4.69, 9.17) is 22.1 Å². The predicted molar refractivity (Wildman–Crippen MR) is 115 cm³/mol. The van der Waals surface area contributed by atoms with Crippen LogP contribution in [-0.4, -0.2) is 24.6 Å². The first-order chi connectivity index (χ1) is 13.2. The Balaban J connectivity index is 1.89. The molecule has 1 heterocycles. The first-order valence-corrected chi connectivity index (χ1v) is 10.4. The molecule has 0 aliphatic rings. The van der Waals surface area contributed by atoms with Crippen LogP contribution in [0.4, 0.5) is 11.4 Å². The summed E-state index contributed by atoms with van der Waals surface area (Å²) in [6.07, 6.45) is 3.36. The maximum Gasteiger partial charge on any atom is 0.238 e. The van der Waals surface area contributed by atoms with Crippen LogP contribution in [0.3, 0.4) is 0 Å². The van der Waals surface area contributed by atoms with Gasteiger partial charge in [-0.05, 0) is 56.4 Å². The van der Waals surface area contributed by atoms with Crippen LogP contribution in [0, 0.1) is 0 Å². The summed E-state index contributed by atoms with van der Waals surface area (Å²) in [5.74, 6) is 0.466. The molecule has 2 aromatic carbocycles. The van der Waals surface area contributed by atoms with E-state index in [2.05, 4.69) is 15.6 Å². The minimum absolute atomic E-state index is 0.0369. The molecule has 1 aromatic heterocycles. The van der Waals surface area contributed by atoms with E-state index in [0.717, 1.165) is 16.5 Å². The van der Waals surface area contributed by atoms with E-state index < -0.39 is 10.0 Å². The molecule has 0 fully saturated rings. The van der Waals surface area contributed by atoms with E-state index in [-0.39, 0.29) is 16.1 Å². The number of nitrogens with two attached hydrogens (primary N) is 1. The van der Waals surface area contributed by atoms with Crippen molar-refractivity contribution < 1.29 is 13.2 Å². The van der Waals surface area contributed by atoms with Crippen molar-refractivity contribution in [2.75, 3.05) is 10.6 Å². The van der Waals surface area contributed by atoms with Crippen molar-refractivity contribution in [1.29, 1.82) is 0 Å². The average Bonchev–Trinajstić information content (AvgIpc) is 2.62. The Bertz CT molecular complexity index is 1130. The molecular formula is C19H20N4O3S2. The summed E-state index contributed by atoms with van der Waals surface area (Å²) in [6, 6.07) is 12.0. The van der Waals surface area contributed by atoms with Gasteiger partial charge in [-0.2, -0.15) is 0 Å². The highest BCUT2D eigenvalue weighted by molar-refractivity contribution is 7.89. The molecule has 0 saturated heterocycles. The Kier molecular flexibility index (Phi) is 5.78. The summed E-state index contributed by atoms with van der Waals surface area (Å²) in [5.41, 5.74) is 1.20. The number of anilines is 2. The van der Waals surface area contributed by atoms with Gasteiger partial charge < -0.3 is 15.4 Å². The summed E-state index contributed by atoms with van der Waals surface area (Å²) >= 11 is 5.42. The highest BCUT2D eigenvalue weighted by Crippen LogP contribution is 2.29. The quantitative estimate of drug-likeness (QED) is 0.547. The fourth-order valence-corrected chi connectivity index (χ4v) is 3.41. The lowest BCUT2D eigenvalue weighted by atomic mass is 10.1. The van der Waals surface area contributed by atoms with Crippen molar-refractivity contribution in [2.45, 2.75) is 24.8 Å². The van der Waals surface area contributed by atoms with E-state index in [1.165, 1.54) is 12.1 Å². The number of primary sulfonamides is 1. The lowest BCUT2D eigenvalue weighted by Crippen LogP contribution is -2.21. The van der Waals surface area contributed by atoms with Crippen LogP contribution in [-0.2, 0) is 10.0 Å². The van der Waals surface area contributed by atoms with Gasteiger partial charge >= 0.3 is 0 Å². The number of aromatic nitrogens is 1. The number of nitrogens with zero attached hydrogens (tertiary/aromatic N) is 1. The van der Waals surface area contributed by atoms with Gasteiger partial charge in [0.15, 0.2) is 5.11 Å². The third-order valence-corrected chi connectivity index (χ3v) is 4.93. The van der Waals surface area contributed by atoms with Crippen molar-refractivity contribution in [2.24, 2.45) is 5.14 Å². The number of sulfonamides is 1. The minimum atomic E-state index is -3.86. The average molecular weight is 417 g/mol. The molecule has 0 aliphatic carbocycles. The molecule has 0 spiro atoms. The van der Waals surface area contributed by atoms with Gasteiger partial charge in [0, 0.05) is 28.9 Å². The van der Waals surface area contributed by atoms with Crippen LogP contribution in [0.1, 0.15) is 13.8 Å². The van der Waals surface area contributed by atoms with Crippen LogP contribution in [0.5, 0.6) is 5.75 Å². The summed E-state index contributed by atoms with van der Waals surface area (Å²) < 4.78 is 29.1. The second kappa shape index (κ2) is 8.09. The van der Waals surface area contributed by atoms with Crippen molar-refractivity contribution in [3.05, 3.63) is 54.9 Å². The van der Waals surface area contributed by atoms with Crippen molar-refractivity contribution in [3.8, 4) is 5.75 Å². The van der Waals surface area contributed by atoms with Gasteiger partial charge in [-0.25, -0.2) is 13.6 Å². The number of hydrogen-bond donors (Lipinski definition) is 3. The molecular weight excluding hydrogens is 396 g/mol. The summed E-state index contributed by atoms with van der Waals surface area (Å²) in [6.45, 7) is 3.75. The molecule has 0 aliphatic heterocycles. The van der Waals surface area contributed by atoms with E-state index in [1.807, 2.05) is 38.1 Å². The molecule has 0 bridgehead atoms. The second-order valence-electron chi connectivity index (χ2n) is 6.35. The number of thiocarbonyl (C=S) groups is 1. The zero-order valence-electron chi connectivity index (χ0n) is 15.3. The molecule has 0 saturated carbocycles. The Labute approximate surface area is 169 Å². The van der Waals surface area contributed by atoms with Gasteiger partial charge in [-0.1, -0.05) is 12.1 Å². The smallest absolute Gasteiger partial charge is 0.238 e. The highest BCUT2D eigenvalue weighted by atomic mass is 32.2. The number of hydrogen-bond acceptors (Lipinski definition) is 5. The van der Waals surface area contributed by atoms with Gasteiger partial charge in [-0.3, -0.25) is 4.98 Å². The number of rotatable bonds is 5. The number of fused-ring (bicyclic) bond motifs is 1. The Morgan fingerprint density at radius 3 is 2.61 bits per heavy atom. The predicted octanol–water partition coefficient (Wildman–Crippen LogP) is 3.48. The maximum absolute atomic E-state index is 11.7. The SMILES string of the molecule is CC(C)Oc1ccc(S(N)(=O)=O)cc1NC(=S)Nc1cccc2cnccc12. The number of benzene rings is 2. The van der Waals surface area contributed by atoms with Crippen LogP contribution in [0.2, 0.25) is 0 Å². The molecule has 146 valence electrons. The zero-order valence-corrected chi connectivity index (χ0v) is 17.0. The first kappa shape index (κ1) is 20.0. The number of ether oxygens (including phenoxy) is 1. The van der Waals surface area contributed by atoms with E-state index >= 15 is 0 Å². The maximum atomic E-state index is 11.7. The lowest BCUT2D eigenvalue weighted by Gasteiger charge is -2.18. The van der Waals surface area contributed by atoms with Gasteiger partial charge in [0.25, 0.3) is 0 Å². The zero-order chi connectivity index (χ0) is 20.3. The molecule has 3 aromatic rings. The third kappa shape index (κ3) is 4.75. The summed E-state index contributed by atoms with van der Waals surface area (Å²) in [5, 5.41) is 13.6. The van der Waals surface area contributed by atoms with E-state index in [1.54, 1.807) is 18.5 Å². The third-order valence-electron chi connectivity index (χ3n) is 3.82. The molecule has 3 rings (SSSR count). The molecule has 4 N–H and O–H groups in total. The van der Waals surface area contributed by atoms with Crippen LogP contribution in [0.25, 0.3) is 10.8 Å². The van der Waals surface area contributed by atoms with Gasteiger partial charge in [-0.15, -0.1) is 0 Å². The number of pyridine rings is 1. The molecule has 0 amide bonds. The number of nitrogens with one attached hydrogen (secondary N) is 2. The van der Waals surface area contributed by atoms with Crippen LogP contribution < -0.4 is 20.5 Å². The first-order valence-electron chi connectivity index (χ1n) is 8.48. The van der Waals surface area contributed by atoms with Crippen LogP contribution in [0.15, 0.2) is 59.8 Å². The van der Waals surface area contributed by atoms with Gasteiger partial charge in [0.1, 0.15) is 5.75 Å². The standard InChI is InChI=1S/C19H20N4O3S2/c1-12(2)26-18-7-6-14(28(20,24)25)10-17(18)23-19(27)22-16-5-3-4-13-11-21-9-8-15(13)16/h3-12H,1-2H3,(H2,20,24,25)(H2,22,23,27). The fourth-order valence-electron chi connectivity index (χ4n) is 2.65. The van der Waals surface area contributed by atoms with Crippen LogP contribution >= 0.6 is 12.2 Å². The molecule has 7 nitrogen and oxygen atoms in total. The second-order valence-corrected chi connectivity index (χ2v) is 8.32. The molecule has 0 atom stereocenters.